The minimum atomic E-state index is -0.515. The Hall–Kier alpha value is -4.28. The van der Waals surface area contributed by atoms with E-state index in [-0.39, 0.29) is 18.2 Å². The van der Waals surface area contributed by atoms with Crippen LogP contribution in [-0.2, 0) is 9.47 Å². The van der Waals surface area contributed by atoms with E-state index in [9.17, 15) is 4.79 Å². The lowest BCUT2D eigenvalue weighted by Crippen LogP contribution is -2.50. The number of aromatic amines is 1. The summed E-state index contributed by atoms with van der Waals surface area (Å²) in [4.78, 5) is 27.6. The van der Waals surface area contributed by atoms with Gasteiger partial charge >= 0.3 is 6.09 Å². The molecule has 1 amide bonds. The van der Waals surface area contributed by atoms with E-state index < -0.39 is 5.60 Å². The van der Waals surface area contributed by atoms with E-state index in [1.807, 2.05) is 57.3 Å². The predicted molar refractivity (Wildman–Crippen MR) is 171 cm³/mol. The van der Waals surface area contributed by atoms with Crippen molar-refractivity contribution in [2.24, 2.45) is 0 Å². The number of ether oxygens (including phenoxy) is 3. The lowest BCUT2D eigenvalue weighted by molar-refractivity contribution is 0.0295. The number of aromatic nitrogens is 4. The molecular weight excluding hydrogens is 558 g/mol. The SMILES string of the molecule is CCCCCOc1ccc2[nH]nc(-c3cc(N4CCN(/C=C/OC5C=CN(C(=O)OC(C)(C)C)CC5)[C@@H](C)C4)ncn3)c2c1. The van der Waals surface area contributed by atoms with Crippen molar-refractivity contribution < 1.29 is 19.0 Å². The summed E-state index contributed by atoms with van der Waals surface area (Å²) in [6.45, 7) is 13.7. The van der Waals surface area contributed by atoms with Gasteiger partial charge in [-0.05, 0) is 58.4 Å². The van der Waals surface area contributed by atoms with Gasteiger partial charge in [-0.25, -0.2) is 14.8 Å². The highest BCUT2D eigenvalue weighted by atomic mass is 16.6. The van der Waals surface area contributed by atoms with Gasteiger partial charge in [0.2, 0.25) is 0 Å². The summed E-state index contributed by atoms with van der Waals surface area (Å²) < 4.78 is 17.4. The third-order valence-corrected chi connectivity index (χ3v) is 7.72. The molecule has 1 unspecified atom stereocenters. The molecule has 3 aromatic rings. The number of benzene rings is 1. The van der Waals surface area contributed by atoms with E-state index in [0.717, 1.165) is 66.3 Å². The maximum atomic E-state index is 12.3. The Bertz CT molecular complexity index is 1460. The first-order valence-electron chi connectivity index (χ1n) is 15.6. The number of nitrogens with zero attached hydrogens (tertiary/aromatic N) is 6. The van der Waals surface area contributed by atoms with Crippen molar-refractivity contribution in [2.45, 2.75) is 78.0 Å². The van der Waals surface area contributed by atoms with Gasteiger partial charge in [0.15, 0.2) is 0 Å². The average Bonchev–Trinajstić information content (AvgIpc) is 3.43. The Balaban J connectivity index is 1.15. The van der Waals surface area contributed by atoms with Crippen LogP contribution in [0.3, 0.4) is 0 Å². The molecule has 5 rings (SSSR count). The fourth-order valence-electron chi connectivity index (χ4n) is 5.31. The number of piperazine rings is 1. The van der Waals surface area contributed by atoms with E-state index in [4.69, 9.17) is 14.2 Å². The van der Waals surface area contributed by atoms with Gasteiger partial charge in [0, 0.05) is 62.5 Å². The summed E-state index contributed by atoms with van der Waals surface area (Å²) in [6.07, 6.45) is 12.7. The lowest BCUT2D eigenvalue weighted by Gasteiger charge is -2.39. The zero-order valence-corrected chi connectivity index (χ0v) is 26.5. The summed E-state index contributed by atoms with van der Waals surface area (Å²) in [7, 11) is 0. The molecule has 2 aliphatic heterocycles. The maximum Gasteiger partial charge on any atom is 0.414 e. The quantitative estimate of drug-likeness (QED) is 0.217. The Morgan fingerprint density at radius 2 is 2.00 bits per heavy atom. The third kappa shape index (κ3) is 8.00. The molecule has 1 N–H and O–H groups in total. The molecule has 0 radical (unpaired) electrons. The molecule has 1 aromatic carbocycles. The van der Waals surface area contributed by atoms with Crippen LogP contribution < -0.4 is 9.64 Å². The van der Waals surface area contributed by atoms with Crippen LogP contribution in [0, 0.1) is 0 Å². The number of anilines is 1. The van der Waals surface area contributed by atoms with E-state index in [1.54, 1.807) is 23.7 Å². The number of hydrogen-bond acceptors (Lipinski definition) is 9. The lowest BCUT2D eigenvalue weighted by atomic mass is 10.1. The second-order valence-corrected chi connectivity index (χ2v) is 12.4. The molecule has 2 atom stereocenters. The molecule has 0 spiro atoms. The standard InChI is InChI=1S/C33H45N7O4/c1-6-7-8-18-42-26-9-10-28-27(20-26)31(37-36-28)29-21-30(35-23-34-29)40-16-15-38(24(2)22-40)17-19-43-25-11-13-39(14-12-25)32(41)44-33(3,4)5/h9-11,13,17,19-21,23-25H,6-8,12,14-16,18,22H2,1-5H3,(H,36,37)/b19-17+/t24-,25?/m0/s1. The van der Waals surface area contributed by atoms with Crippen LogP contribution in [0.4, 0.5) is 10.6 Å². The van der Waals surface area contributed by atoms with Crippen LogP contribution in [0.2, 0.25) is 0 Å². The third-order valence-electron chi connectivity index (χ3n) is 7.72. The van der Waals surface area contributed by atoms with Crippen molar-refractivity contribution in [3.63, 3.8) is 0 Å². The second-order valence-electron chi connectivity index (χ2n) is 12.4. The van der Waals surface area contributed by atoms with Gasteiger partial charge in [0.05, 0.1) is 24.1 Å². The Morgan fingerprint density at radius 1 is 1.14 bits per heavy atom. The van der Waals surface area contributed by atoms with E-state index in [1.165, 1.54) is 6.42 Å². The number of carbonyl (C=O) groups excluding carboxylic acids is 1. The number of unbranched alkanes of at least 4 members (excludes halogenated alkanes) is 2. The number of rotatable bonds is 10. The molecule has 0 aliphatic carbocycles. The minimum Gasteiger partial charge on any atom is -0.494 e. The normalized spacial score (nSPS) is 19.2. The first-order chi connectivity index (χ1) is 21.2. The van der Waals surface area contributed by atoms with Crippen molar-refractivity contribution in [3.05, 3.63) is 55.3 Å². The maximum absolute atomic E-state index is 12.3. The molecule has 1 fully saturated rings. The molecule has 44 heavy (non-hydrogen) atoms. The summed E-state index contributed by atoms with van der Waals surface area (Å²) in [5, 5.41) is 8.69. The molecule has 0 saturated carbocycles. The summed E-state index contributed by atoms with van der Waals surface area (Å²) in [6, 6.07) is 8.29. The first kappa shape index (κ1) is 31.2. The summed E-state index contributed by atoms with van der Waals surface area (Å²) in [5.41, 5.74) is 2.00. The molecular formula is C33H45N7O4. The van der Waals surface area contributed by atoms with Crippen LogP contribution >= 0.6 is 0 Å². The molecule has 0 bridgehead atoms. The highest BCUT2D eigenvalue weighted by Gasteiger charge is 2.25. The second kappa shape index (κ2) is 14.0. The van der Waals surface area contributed by atoms with E-state index in [2.05, 4.69) is 43.8 Å². The monoisotopic (exact) mass is 603 g/mol. The zero-order chi connectivity index (χ0) is 31.1. The van der Waals surface area contributed by atoms with Gasteiger partial charge in [-0.15, -0.1) is 0 Å². The van der Waals surface area contributed by atoms with Gasteiger partial charge in [-0.1, -0.05) is 19.8 Å². The molecule has 236 valence electrons. The van der Waals surface area contributed by atoms with Crippen LogP contribution in [-0.4, -0.2) is 86.6 Å². The highest BCUT2D eigenvalue weighted by molar-refractivity contribution is 5.93. The summed E-state index contributed by atoms with van der Waals surface area (Å²) >= 11 is 0. The number of fused-ring (bicyclic) bond motifs is 1. The van der Waals surface area contributed by atoms with Crippen molar-refractivity contribution in [1.29, 1.82) is 0 Å². The number of amides is 1. The molecule has 2 aromatic heterocycles. The first-order valence-corrected chi connectivity index (χ1v) is 15.6. The topological polar surface area (TPSA) is 109 Å². The van der Waals surface area contributed by atoms with Gasteiger partial charge < -0.3 is 24.0 Å². The highest BCUT2D eigenvalue weighted by Crippen LogP contribution is 2.30. The Kier molecular flexibility index (Phi) is 9.92. The molecule has 11 nitrogen and oxygen atoms in total. The van der Waals surface area contributed by atoms with Crippen LogP contribution in [0.25, 0.3) is 22.3 Å². The summed E-state index contributed by atoms with van der Waals surface area (Å²) in [5.74, 6) is 1.72. The molecule has 11 heteroatoms. The van der Waals surface area contributed by atoms with Crippen LogP contribution in [0.15, 0.2) is 55.3 Å². The smallest absolute Gasteiger partial charge is 0.414 e. The number of H-pyrrole nitrogens is 1. The molecule has 1 saturated heterocycles. The predicted octanol–water partition coefficient (Wildman–Crippen LogP) is 6.11. The van der Waals surface area contributed by atoms with Gasteiger partial charge in [-0.3, -0.25) is 10.00 Å². The van der Waals surface area contributed by atoms with Gasteiger partial charge in [0.1, 0.15) is 35.3 Å². The van der Waals surface area contributed by atoms with E-state index in [0.29, 0.717) is 19.6 Å². The van der Waals surface area contributed by atoms with Gasteiger partial charge in [0.25, 0.3) is 0 Å². The van der Waals surface area contributed by atoms with Crippen molar-refractivity contribution in [3.8, 4) is 17.1 Å². The van der Waals surface area contributed by atoms with Crippen molar-refractivity contribution in [1.82, 2.24) is 30.0 Å². The average molecular weight is 604 g/mol. The van der Waals surface area contributed by atoms with Crippen molar-refractivity contribution >= 4 is 22.8 Å². The largest absolute Gasteiger partial charge is 0.494 e. The fourth-order valence-corrected chi connectivity index (χ4v) is 5.31. The number of hydrogen-bond donors (Lipinski definition) is 1. The Morgan fingerprint density at radius 3 is 2.75 bits per heavy atom. The Labute approximate surface area is 259 Å². The number of nitrogens with one attached hydrogen (secondary N) is 1. The zero-order valence-electron chi connectivity index (χ0n) is 26.5. The minimum absolute atomic E-state index is 0.0807. The fraction of sp³-hybridized carbons (Fsp3) is 0.515. The van der Waals surface area contributed by atoms with Gasteiger partial charge in [-0.2, -0.15) is 5.10 Å². The molecule has 2 aliphatic rings. The van der Waals surface area contributed by atoms with Crippen LogP contribution in [0.1, 0.15) is 60.3 Å². The van der Waals surface area contributed by atoms with Crippen LogP contribution in [0.5, 0.6) is 5.75 Å². The van der Waals surface area contributed by atoms with Crippen molar-refractivity contribution in [2.75, 3.05) is 37.7 Å². The van der Waals surface area contributed by atoms with E-state index >= 15 is 0 Å². The molecule has 4 heterocycles. The number of carbonyl (C=O) groups is 1.